The second kappa shape index (κ2) is 46.4. The molecule has 0 aromatic rings. The molecule has 0 amide bonds. The number of hydrogen-bond donors (Lipinski definition) is 12. The molecule has 30 nitrogen and oxygen atoms in total. The zero-order valence-electron chi connectivity index (χ0n) is 25.8. The van der Waals surface area contributed by atoms with E-state index in [1.165, 1.54) is 0 Å². The Morgan fingerprint density at radius 3 is 0.583 bits per heavy atom. The van der Waals surface area contributed by atoms with E-state index in [1.54, 1.807) is 0 Å². The van der Waals surface area contributed by atoms with Crippen LogP contribution in [-0.4, -0.2) is 132 Å². The minimum atomic E-state index is -1.50. The van der Waals surface area contributed by atoms with Crippen LogP contribution < -0.4 is 0 Å². The number of unbranched alkanes of at least 4 members (excludes halogenated alkanes) is 4. The fourth-order valence-corrected chi connectivity index (χ4v) is 2.27. The lowest BCUT2D eigenvalue weighted by molar-refractivity contribution is -0.742. The molecule has 48 heavy (non-hydrogen) atoms. The number of hydrogen-bond acceptors (Lipinski definition) is 18. The lowest BCUT2D eigenvalue weighted by Crippen LogP contribution is -2.33. The van der Waals surface area contributed by atoms with Gasteiger partial charge in [-0.15, -0.1) is 60.7 Å². The van der Waals surface area contributed by atoms with E-state index in [1.807, 2.05) is 0 Å². The van der Waals surface area contributed by atoms with Gasteiger partial charge in [-0.1, -0.05) is 52.4 Å². The molecule has 12 N–H and O–H groups in total. The molecule has 0 aliphatic carbocycles. The maximum Gasteiger partial charge on any atom is 0.291 e. The number of aliphatic hydroxyl groups excluding tert-OH is 6. The topological polar surface area (TPSA) is 502 Å². The van der Waals surface area contributed by atoms with Crippen LogP contribution in [0.15, 0.2) is 0 Å². The highest BCUT2D eigenvalue weighted by atomic mass is 16.9. The average Bonchev–Trinajstić information content (AvgIpc) is 2.93. The van der Waals surface area contributed by atoms with Crippen LogP contribution in [0.3, 0.4) is 0 Å². The Bertz CT molecular complexity index is 610. The van der Waals surface area contributed by atoms with E-state index < -0.39 is 41.3 Å². The van der Waals surface area contributed by atoms with Gasteiger partial charge in [-0.2, -0.15) is 0 Å². The zero-order valence-corrected chi connectivity index (χ0v) is 25.8. The Kier molecular flexibility index (Phi) is 59.8. The Morgan fingerprint density at radius 1 is 0.375 bits per heavy atom. The Balaban J connectivity index is -0.0000000680. The molecule has 0 saturated heterocycles. The van der Waals surface area contributed by atoms with Crippen LogP contribution in [0, 0.1) is 71.5 Å². The lowest BCUT2D eigenvalue weighted by atomic mass is 9.85. The number of aliphatic hydroxyl groups is 6. The minimum Gasteiger partial charge on any atom is -0.396 e. The molecule has 0 spiro atoms. The lowest BCUT2D eigenvalue weighted by Gasteiger charge is -2.26. The van der Waals surface area contributed by atoms with Crippen molar-refractivity contribution in [3.8, 4) is 0 Å². The predicted molar refractivity (Wildman–Crippen MR) is 148 cm³/mol. The largest absolute Gasteiger partial charge is 0.396 e. The molecule has 0 aromatic heterocycles. The van der Waals surface area contributed by atoms with Crippen LogP contribution in [0.5, 0.6) is 0 Å². The molecule has 0 saturated carbocycles. The van der Waals surface area contributed by atoms with Gasteiger partial charge in [0.15, 0.2) is 0 Å². The van der Waals surface area contributed by atoms with Gasteiger partial charge in [0.2, 0.25) is 0 Å². The van der Waals surface area contributed by atoms with Gasteiger partial charge in [0.05, 0.1) is 39.6 Å². The molecule has 0 aliphatic rings. The zero-order chi connectivity index (χ0) is 40.4. The monoisotopic (exact) mass is 730 g/mol. The first-order valence-corrected chi connectivity index (χ1v) is 12.5. The van der Waals surface area contributed by atoms with Crippen molar-refractivity contribution in [1.82, 2.24) is 0 Å². The van der Waals surface area contributed by atoms with E-state index >= 15 is 0 Å². The van der Waals surface area contributed by atoms with E-state index in [4.69, 9.17) is 123 Å². The maximum atomic E-state index is 8.96. The van der Waals surface area contributed by atoms with Crippen LogP contribution >= 0.6 is 0 Å². The molecule has 0 aromatic carbocycles. The molecular formula is C18H46N6O24. The van der Waals surface area contributed by atoms with Crippen molar-refractivity contribution in [2.24, 2.45) is 10.8 Å². The van der Waals surface area contributed by atoms with Crippen molar-refractivity contribution in [3.63, 3.8) is 0 Å². The van der Waals surface area contributed by atoms with Crippen LogP contribution in [0.2, 0.25) is 0 Å². The van der Waals surface area contributed by atoms with Gasteiger partial charge in [-0.25, -0.2) is 0 Å². The first kappa shape index (κ1) is 61.9. The molecule has 0 bridgehead atoms. The second-order valence-electron chi connectivity index (χ2n) is 8.29. The third-order valence-electron chi connectivity index (χ3n) is 4.63. The Hall–Kier alpha value is -5.04. The summed E-state index contributed by atoms with van der Waals surface area (Å²) in [6.45, 7) is 3.38. The molecule has 0 radical (unpaired) electrons. The fraction of sp³-hybridized carbons (Fsp3) is 1.00. The van der Waals surface area contributed by atoms with Crippen LogP contribution in [0.4, 0.5) is 0 Å². The van der Waals surface area contributed by atoms with Gasteiger partial charge >= 0.3 is 0 Å². The smallest absolute Gasteiger partial charge is 0.291 e. The van der Waals surface area contributed by atoms with Gasteiger partial charge in [-0.3, -0.25) is 0 Å². The summed E-state index contributed by atoms with van der Waals surface area (Å²) in [5.74, 6) is 0. The van der Waals surface area contributed by atoms with E-state index in [0.29, 0.717) is 12.8 Å². The second-order valence-corrected chi connectivity index (χ2v) is 8.29. The van der Waals surface area contributed by atoms with Crippen molar-refractivity contribution in [1.29, 1.82) is 0 Å². The molecule has 0 aliphatic heterocycles. The third-order valence-corrected chi connectivity index (χ3v) is 4.63. The maximum absolute atomic E-state index is 8.96. The van der Waals surface area contributed by atoms with Crippen molar-refractivity contribution >= 4 is 0 Å². The SMILES string of the molecule is CCCCCC(CO)(CO)CO.CCCCCC(CO)(CO)CO.O=[N+]([O-])O.O=[N+]([O-])O.O=[N+]([O-])O.O=[N+]([O-])O.O=[N+]([O-])O.O=[N+]([O-])O. The summed E-state index contributed by atoms with van der Waals surface area (Å²) < 4.78 is 0. The summed E-state index contributed by atoms with van der Waals surface area (Å²) in [5, 5.41) is 136. The van der Waals surface area contributed by atoms with Crippen LogP contribution in [0.1, 0.15) is 65.2 Å². The number of nitrogens with zero attached hydrogens (tertiary/aromatic N) is 6. The normalized spacial score (nSPS) is 9.00. The average molecular weight is 731 g/mol. The molecule has 0 unspecified atom stereocenters. The molecule has 30 heteroatoms. The van der Waals surface area contributed by atoms with Crippen molar-refractivity contribution in [2.75, 3.05) is 39.6 Å². The predicted octanol–water partition coefficient (Wildman–Crippen LogP) is -1.03. The molecular weight excluding hydrogens is 684 g/mol. The van der Waals surface area contributed by atoms with Crippen molar-refractivity contribution in [3.05, 3.63) is 60.7 Å². The highest BCUT2D eigenvalue weighted by Crippen LogP contribution is 2.24. The molecule has 0 fully saturated rings. The third kappa shape index (κ3) is 105. The fourth-order valence-electron chi connectivity index (χ4n) is 2.27. The van der Waals surface area contributed by atoms with Crippen molar-refractivity contribution < 1.29 is 92.4 Å². The Morgan fingerprint density at radius 2 is 0.500 bits per heavy atom. The molecule has 0 rings (SSSR count). The highest BCUT2D eigenvalue weighted by molar-refractivity contribution is 4.77. The summed E-state index contributed by atoms with van der Waals surface area (Å²) in [6.07, 6.45) is 7.70. The van der Waals surface area contributed by atoms with Gasteiger partial charge in [0.25, 0.3) is 30.5 Å². The summed E-state index contributed by atoms with van der Waals surface area (Å²) in [6, 6.07) is 0. The summed E-state index contributed by atoms with van der Waals surface area (Å²) in [7, 11) is 0. The van der Waals surface area contributed by atoms with Crippen LogP contribution in [0.25, 0.3) is 0 Å². The first-order chi connectivity index (χ1) is 21.9. The van der Waals surface area contributed by atoms with Gasteiger partial charge < -0.3 is 61.9 Å². The van der Waals surface area contributed by atoms with Gasteiger partial charge in [-0.05, 0) is 12.8 Å². The summed E-state index contributed by atoms with van der Waals surface area (Å²) in [5.41, 5.74) is -1.32. The molecule has 0 atom stereocenters. The first-order valence-electron chi connectivity index (χ1n) is 12.5. The van der Waals surface area contributed by atoms with E-state index in [2.05, 4.69) is 13.8 Å². The van der Waals surface area contributed by atoms with Crippen molar-refractivity contribution in [2.45, 2.75) is 65.2 Å². The molecule has 292 valence electrons. The van der Waals surface area contributed by atoms with E-state index in [0.717, 1.165) is 38.5 Å². The van der Waals surface area contributed by atoms with E-state index in [-0.39, 0.29) is 39.6 Å². The van der Waals surface area contributed by atoms with Crippen LogP contribution in [-0.2, 0) is 0 Å². The standard InChI is InChI=1S/2C9H20O3.6HNO3/c2*1-2-3-4-5-9(6-10,7-11)8-12;6*2-1(3)4/h2*10-12H,2-8H2,1H3;6*(H,2,3,4). The summed E-state index contributed by atoms with van der Waals surface area (Å²) in [4.78, 5) is 50.2. The summed E-state index contributed by atoms with van der Waals surface area (Å²) >= 11 is 0. The minimum absolute atomic E-state index is 0.135. The quantitative estimate of drug-likeness (QED) is 0.0577. The van der Waals surface area contributed by atoms with Gasteiger partial charge in [0, 0.05) is 10.8 Å². The number of rotatable bonds is 14. The van der Waals surface area contributed by atoms with E-state index in [9.17, 15) is 0 Å². The Labute approximate surface area is 269 Å². The highest BCUT2D eigenvalue weighted by Gasteiger charge is 2.27. The van der Waals surface area contributed by atoms with Gasteiger partial charge in [0.1, 0.15) is 0 Å². The molecule has 0 heterocycles.